The zero-order valence-electron chi connectivity index (χ0n) is 12.5. The Bertz CT molecular complexity index is 697. The minimum atomic E-state index is -0.927. The molecule has 1 amide bonds. The topological polar surface area (TPSA) is 66.8 Å². The Morgan fingerprint density at radius 2 is 1.83 bits per heavy atom. The van der Waals surface area contributed by atoms with Gasteiger partial charge in [0.05, 0.1) is 5.92 Å². The van der Waals surface area contributed by atoms with Gasteiger partial charge in [-0.15, -0.1) is 0 Å². The van der Waals surface area contributed by atoms with Gasteiger partial charge in [-0.3, -0.25) is 9.59 Å². The van der Waals surface area contributed by atoms with E-state index in [0.717, 1.165) is 5.56 Å². The van der Waals surface area contributed by atoms with Crippen LogP contribution >= 0.6 is 0 Å². The summed E-state index contributed by atoms with van der Waals surface area (Å²) in [5, 5.41) is 9.02. The van der Waals surface area contributed by atoms with Crippen molar-refractivity contribution in [3.63, 3.8) is 0 Å². The second-order valence-corrected chi connectivity index (χ2v) is 5.51. The highest BCUT2D eigenvalue weighted by Crippen LogP contribution is 2.27. The number of carboxylic acid groups (broad SMARTS) is 1. The van der Waals surface area contributed by atoms with Gasteiger partial charge in [0.25, 0.3) is 0 Å². The summed E-state index contributed by atoms with van der Waals surface area (Å²) in [6.45, 7) is 0.697. The summed E-state index contributed by atoms with van der Waals surface area (Å²) in [5.41, 5.74) is 1.78. The Labute approximate surface area is 134 Å². The molecule has 2 aromatic rings. The minimum Gasteiger partial charge on any atom is -0.489 e. The van der Waals surface area contributed by atoms with E-state index in [1.54, 1.807) is 24.3 Å². The van der Waals surface area contributed by atoms with E-state index in [1.807, 2.05) is 30.3 Å². The van der Waals surface area contributed by atoms with Crippen molar-refractivity contribution in [3.8, 4) is 5.75 Å². The second-order valence-electron chi connectivity index (χ2n) is 5.51. The molecule has 1 N–H and O–H groups in total. The molecule has 0 saturated carbocycles. The lowest BCUT2D eigenvalue weighted by atomic mass is 10.1. The molecule has 23 heavy (non-hydrogen) atoms. The fourth-order valence-corrected chi connectivity index (χ4v) is 2.59. The third-order valence-electron chi connectivity index (χ3n) is 3.87. The Hall–Kier alpha value is -2.82. The van der Waals surface area contributed by atoms with E-state index in [9.17, 15) is 9.59 Å². The first kappa shape index (κ1) is 15.1. The monoisotopic (exact) mass is 311 g/mol. The molecule has 1 saturated heterocycles. The van der Waals surface area contributed by atoms with Crippen LogP contribution in [0.2, 0.25) is 0 Å². The predicted octanol–water partition coefficient (Wildman–Crippen LogP) is 2.70. The summed E-state index contributed by atoms with van der Waals surface area (Å²) in [5.74, 6) is -1.01. The zero-order valence-corrected chi connectivity index (χ0v) is 12.5. The third-order valence-corrected chi connectivity index (χ3v) is 3.87. The number of carbonyl (C=O) groups is 2. The van der Waals surface area contributed by atoms with Gasteiger partial charge in [-0.1, -0.05) is 30.3 Å². The molecule has 0 spiro atoms. The van der Waals surface area contributed by atoms with Gasteiger partial charge in [-0.25, -0.2) is 0 Å². The van der Waals surface area contributed by atoms with E-state index in [0.29, 0.717) is 18.0 Å². The van der Waals surface area contributed by atoms with E-state index in [1.165, 1.54) is 4.90 Å². The standard InChI is InChI=1S/C18H17NO4/c20-17-10-14(18(21)22)11-19(17)15-6-8-16(9-7-15)23-12-13-4-2-1-3-5-13/h1-9,14H,10-12H2,(H,21,22)/t14-/m1/s1. The van der Waals surface area contributed by atoms with Crippen LogP contribution in [-0.2, 0) is 16.2 Å². The van der Waals surface area contributed by atoms with Crippen LogP contribution in [0.5, 0.6) is 5.75 Å². The van der Waals surface area contributed by atoms with Crippen molar-refractivity contribution in [1.82, 2.24) is 0 Å². The molecule has 0 aromatic heterocycles. The predicted molar refractivity (Wildman–Crippen MR) is 85.3 cm³/mol. The molecule has 0 unspecified atom stereocenters. The molecule has 5 heteroatoms. The second kappa shape index (κ2) is 6.52. The Balaban J connectivity index is 1.63. The van der Waals surface area contributed by atoms with Crippen molar-refractivity contribution in [1.29, 1.82) is 0 Å². The van der Waals surface area contributed by atoms with Crippen molar-refractivity contribution in [2.75, 3.05) is 11.4 Å². The van der Waals surface area contributed by atoms with Crippen molar-refractivity contribution >= 4 is 17.6 Å². The lowest BCUT2D eigenvalue weighted by molar-refractivity contribution is -0.141. The SMILES string of the molecule is O=C(O)[C@@H]1CC(=O)N(c2ccc(OCc3ccccc3)cc2)C1. The number of hydrogen-bond acceptors (Lipinski definition) is 3. The maximum Gasteiger partial charge on any atom is 0.308 e. The molecular formula is C18H17NO4. The van der Waals surface area contributed by atoms with Gasteiger partial charge in [0.1, 0.15) is 12.4 Å². The summed E-state index contributed by atoms with van der Waals surface area (Å²) in [6, 6.07) is 17.0. The summed E-state index contributed by atoms with van der Waals surface area (Å²) in [7, 11) is 0. The summed E-state index contributed by atoms with van der Waals surface area (Å²) < 4.78 is 5.70. The highest BCUT2D eigenvalue weighted by molar-refractivity contribution is 5.99. The Morgan fingerprint density at radius 1 is 1.13 bits per heavy atom. The van der Waals surface area contributed by atoms with Gasteiger partial charge >= 0.3 is 5.97 Å². The number of rotatable bonds is 5. The molecule has 5 nitrogen and oxygen atoms in total. The lowest BCUT2D eigenvalue weighted by Crippen LogP contribution is -2.25. The average Bonchev–Trinajstić information content (AvgIpc) is 2.97. The molecule has 0 bridgehead atoms. The van der Waals surface area contributed by atoms with Crippen molar-refractivity contribution < 1.29 is 19.4 Å². The number of ether oxygens (including phenoxy) is 1. The third kappa shape index (κ3) is 3.51. The number of benzene rings is 2. The fourth-order valence-electron chi connectivity index (χ4n) is 2.59. The number of nitrogens with zero attached hydrogens (tertiary/aromatic N) is 1. The van der Waals surface area contributed by atoms with Crippen molar-refractivity contribution in [2.24, 2.45) is 5.92 Å². The summed E-state index contributed by atoms with van der Waals surface area (Å²) >= 11 is 0. The first-order valence-electron chi connectivity index (χ1n) is 7.43. The first-order chi connectivity index (χ1) is 11.1. The Kier molecular flexibility index (Phi) is 4.28. The molecule has 1 fully saturated rings. The van der Waals surface area contributed by atoms with Crippen LogP contribution in [-0.4, -0.2) is 23.5 Å². The first-order valence-corrected chi connectivity index (χ1v) is 7.43. The molecular weight excluding hydrogens is 294 g/mol. The van der Waals surface area contributed by atoms with Crippen LogP contribution in [0.15, 0.2) is 54.6 Å². The smallest absolute Gasteiger partial charge is 0.308 e. The van der Waals surface area contributed by atoms with Crippen LogP contribution in [0.3, 0.4) is 0 Å². The summed E-state index contributed by atoms with van der Waals surface area (Å²) in [4.78, 5) is 24.4. The van der Waals surface area contributed by atoms with Crippen LogP contribution < -0.4 is 9.64 Å². The number of carbonyl (C=O) groups excluding carboxylic acids is 1. The number of hydrogen-bond donors (Lipinski definition) is 1. The van der Waals surface area contributed by atoms with E-state index in [4.69, 9.17) is 9.84 Å². The van der Waals surface area contributed by atoms with Crippen molar-refractivity contribution in [2.45, 2.75) is 13.0 Å². The fraction of sp³-hybridized carbons (Fsp3) is 0.222. The van der Waals surface area contributed by atoms with E-state index >= 15 is 0 Å². The molecule has 0 radical (unpaired) electrons. The van der Waals surface area contributed by atoms with Crippen LogP contribution in [0, 0.1) is 5.92 Å². The quantitative estimate of drug-likeness (QED) is 0.922. The van der Waals surface area contributed by atoms with Crippen molar-refractivity contribution in [3.05, 3.63) is 60.2 Å². The largest absolute Gasteiger partial charge is 0.489 e. The van der Waals surface area contributed by atoms with Gasteiger partial charge in [0.2, 0.25) is 5.91 Å². The highest BCUT2D eigenvalue weighted by atomic mass is 16.5. The van der Waals surface area contributed by atoms with Gasteiger partial charge in [-0.05, 0) is 29.8 Å². The minimum absolute atomic E-state index is 0.0571. The maximum atomic E-state index is 11.9. The average molecular weight is 311 g/mol. The number of aliphatic carboxylic acids is 1. The zero-order chi connectivity index (χ0) is 16.2. The lowest BCUT2D eigenvalue weighted by Gasteiger charge is -2.16. The van der Waals surface area contributed by atoms with Gasteiger partial charge < -0.3 is 14.7 Å². The van der Waals surface area contributed by atoms with Gasteiger partial charge in [0, 0.05) is 18.7 Å². The Morgan fingerprint density at radius 3 is 2.43 bits per heavy atom. The molecule has 1 atom stereocenters. The summed E-state index contributed by atoms with van der Waals surface area (Å²) in [6.07, 6.45) is 0.0571. The number of anilines is 1. The molecule has 1 aliphatic rings. The van der Waals surface area contributed by atoms with E-state index < -0.39 is 11.9 Å². The molecule has 3 rings (SSSR count). The van der Waals surface area contributed by atoms with E-state index in [-0.39, 0.29) is 18.9 Å². The van der Waals surface area contributed by atoms with Gasteiger partial charge in [-0.2, -0.15) is 0 Å². The highest BCUT2D eigenvalue weighted by Gasteiger charge is 2.34. The molecule has 1 aliphatic heterocycles. The molecule has 118 valence electrons. The number of carboxylic acids is 1. The molecule has 2 aromatic carbocycles. The van der Waals surface area contributed by atoms with Crippen LogP contribution in [0.1, 0.15) is 12.0 Å². The molecule has 0 aliphatic carbocycles. The number of amides is 1. The normalized spacial score (nSPS) is 17.3. The van der Waals surface area contributed by atoms with Gasteiger partial charge in [0.15, 0.2) is 0 Å². The van der Waals surface area contributed by atoms with Crippen LogP contribution in [0.4, 0.5) is 5.69 Å². The maximum absolute atomic E-state index is 11.9. The van der Waals surface area contributed by atoms with E-state index in [2.05, 4.69) is 0 Å². The molecule has 1 heterocycles. The van der Waals surface area contributed by atoms with Crippen LogP contribution in [0.25, 0.3) is 0 Å².